The van der Waals surface area contributed by atoms with E-state index in [1.165, 1.54) is 6.92 Å². The van der Waals surface area contributed by atoms with Crippen LogP contribution in [-0.2, 0) is 23.8 Å². The molecular weight excluding hydrogens is 488 g/mol. The minimum atomic E-state index is -1.07. The van der Waals surface area contributed by atoms with E-state index in [9.17, 15) is 24.9 Å². The molecule has 38 heavy (non-hydrogen) atoms. The van der Waals surface area contributed by atoms with Gasteiger partial charge in [-0.2, -0.15) is 0 Å². The highest BCUT2D eigenvalue weighted by molar-refractivity contribution is 5.70. The monoisotopic (exact) mass is 536 g/mol. The molecule has 3 N–H and O–H groups in total. The summed E-state index contributed by atoms with van der Waals surface area (Å²) < 4.78 is 17.0. The van der Waals surface area contributed by atoms with Gasteiger partial charge in [0, 0.05) is 31.1 Å². The highest BCUT2D eigenvalue weighted by Crippen LogP contribution is 2.36. The topological polar surface area (TPSA) is 126 Å². The number of aliphatic hydroxyl groups excluding tert-OH is 3. The lowest BCUT2D eigenvalue weighted by atomic mass is 9.90. The normalized spacial score (nSPS) is 36.4. The summed E-state index contributed by atoms with van der Waals surface area (Å²) >= 11 is 0. The summed E-state index contributed by atoms with van der Waals surface area (Å²) in [6, 6.07) is 0. The molecular formula is C30H48O8. The minimum Gasteiger partial charge on any atom is -0.458 e. The van der Waals surface area contributed by atoms with Crippen molar-refractivity contribution in [2.24, 2.45) is 23.7 Å². The van der Waals surface area contributed by atoms with Crippen molar-refractivity contribution in [2.45, 2.75) is 117 Å². The van der Waals surface area contributed by atoms with E-state index in [1.807, 2.05) is 45.9 Å². The fourth-order valence-corrected chi connectivity index (χ4v) is 5.03. The molecule has 1 saturated heterocycles. The molecule has 8 heteroatoms. The van der Waals surface area contributed by atoms with E-state index in [4.69, 9.17) is 14.2 Å². The van der Waals surface area contributed by atoms with E-state index in [0.29, 0.717) is 0 Å². The predicted molar refractivity (Wildman–Crippen MR) is 145 cm³/mol. The quantitative estimate of drug-likeness (QED) is 0.175. The Labute approximate surface area is 227 Å². The van der Waals surface area contributed by atoms with Crippen LogP contribution < -0.4 is 0 Å². The number of epoxide rings is 1. The third-order valence-electron chi connectivity index (χ3n) is 7.70. The van der Waals surface area contributed by atoms with Gasteiger partial charge >= 0.3 is 11.9 Å². The summed E-state index contributed by atoms with van der Waals surface area (Å²) in [5.74, 6) is -1.31. The molecule has 11 unspecified atom stereocenters. The van der Waals surface area contributed by atoms with Crippen molar-refractivity contribution in [3.05, 3.63) is 36.0 Å². The molecule has 8 nitrogen and oxygen atoms in total. The average molecular weight is 537 g/mol. The molecule has 0 aromatic rings. The number of hydrogen-bond donors (Lipinski definition) is 3. The summed E-state index contributed by atoms with van der Waals surface area (Å²) in [7, 11) is 0. The highest BCUT2D eigenvalue weighted by Gasteiger charge is 2.44. The SMILES string of the molecule is CCC(O)C(C)C1OC1CC(C)/C=C/C=C(\C)C1OC(=O)CC(O)CC(O)C(C)C(OC(C)=O)/C=C\C1C. The standard InChI is InChI=1S/C30H48O8/c1-8-24(33)21(6)30-27(37-30)14-17(2)10-9-11-18(3)29-19(4)12-13-26(36-22(7)31)20(5)25(34)15-23(32)16-28(35)38-29/h9-13,17,19-21,23-27,29-30,32-34H,8,14-16H2,1-7H3/b10-9+,13-12-,18-11+. The summed E-state index contributed by atoms with van der Waals surface area (Å²) in [6.07, 6.45) is 7.50. The first-order valence-electron chi connectivity index (χ1n) is 13.9. The van der Waals surface area contributed by atoms with Crippen LogP contribution in [-0.4, -0.2) is 70.0 Å². The molecule has 0 amide bonds. The number of cyclic esters (lactones) is 1. The van der Waals surface area contributed by atoms with E-state index in [-0.39, 0.29) is 48.9 Å². The van der Waals surface area contributed by atoms with Gasteiger partial charge in [0.25, 0.3) is 0 Å². The van der Waals surface area contributed by atoms with E-state index in [2.05, 4.69) is 13.0 Å². The lowest BCUT2D eigenvalue weighted by molar-refractivity contribution is -0.151. The van der Waals surface area contributed by atoms with Crippen molar-refractivity contribution in [3.63, 3.8) is 0 Å². The molecule has 11 atom stereocenters. The molecule has 0 saturated carbocycles. The van der Waals surface area contributed by atoms with E-state index >= 15 is 0 Å². The van der Waals surface area contributed by atoms with Crippen LogP contribution in [0, 0.1) is 23.7 Å². The largest absolute Gasteiger partial charge is 0.458 e. The van der Waals surface area contributed by atoms with Gasteiger partial charge in [0.1, 0.15) is 12.2 Å². The molecule has 0 spiro atoms. The van der Waals surface area contributed by atoms with Gasteiger partial charge in [-0.3, -0.25) is 9.59 Å². The molecule has 216 valence electrons. The van der Waals surface area contributed by atoms with Crippen molar-refractivity contribution >= 4 is 11.9 Å². The molecule has 2 aliphatic rings. The molecule has 0 radical (unpaired) electrons. The van der Waals surface area contributed by atoms with Crippen LogP contribution in [0.4, 0.5) is 0 Å². The van der Waals surface area contributed by atoms with Gasteiger partial charge in [0.15, 0.2) is 0 Å². The fraction of sp³-hybridized carbons (Fsp3) is 0.733. The molecule has 0 aliphatic carbocycles. The molecule has 2 rings (SSSR count). The van der Waals surface area contributed by atoms with Crippen molar-refractivity contribution < 1.29 is 39.1 Å². The van der Waals surface area contributed by atoms with Gasteiger partial charge in [-0.15, -0.1) is 0 Å². The Balaban J connectivity index is 2.11. The Morgan fingerprint density at radius 3 is 2.53 bits per heavy atom. The van der Waals surface area contributed by atoms with Gasteiger partial charge in [-0.25, -0.2) is 0 Å². The highest BCUT2D eigenvalue weighted by atomic mass is 16.6. The minimum absolute atomic E-state index is 0.0285. The second-order valence-corrected chi connectivity index (χ2v) is 11.2. The van der Waals surface area contributed by atoms with Crippen LogP contribution >= 0.6 is 0 Å². The number of carbonyl (C=O) groups excluding carboxylic acids is 2. The molecule has 2 heterocycles. The van der Waals surface area contributed by atoms with Crippen molar-refractivity contribution in [3.8, 4) is 0 Å². The van der Waals surface area contributed by atoms with E-state index in [0.717, 1.165) is 18.4 Å². The Hall–Kier alpha value is -2.00. The van der Waals surface area contributed by atoms with Crippen LogP contribution in [0.5, 0.6) is 0 Å². The second kappa shape index (κ2) is 15.0. The Morgan fingerprint density at radius 1 is 1.21 bits per heavy atom. The number of carbonyl (C=O) groups is 2. The van der Waals surface area contributed by atoms with Crippen LogP contribution in [0.25, 0.3) is 0 Å². The Bertz CT molecular complexity index is 864. The van der Waals surface area contributed by atoms with E-state index < -0.39 is 42.3 Å². The number of ether oxygens (including phenoxy) is 3. The fourth-order valence-electron chi connectivity index (χ4n) is 5.03. The van der Waals surface area contributed by atoms with Crippen molar-refractivity contribution in [2.75, 3.05) is 0 Å². The molecule has 1 fully saturated rings. The molecule has 0 bridgehead atoms. The lowest BCUT2D eigenvalue weighted by Gasteiger charge is -2.29. The zero-order chi connectivity index (χ0) is 28.6. The summed E-state index contributed by atoms with van der Waals surface area (Å²) in [4.78, 5) is 24.2. The molecule has 0 aromatic heterocycles. The van der Waals surface area contributed by atoms with Crippen LogP contribution in [0.15, 0.2) is 36.0 Å². The number of allylic oxidation sites excluding steroid dienone is 3. The Morgan fingerprint density at radius 2 is 1.89 bits per heavy atom. The zero-order valence-electron chi connectivity index (χ0n) is 23.9. The van der Waals surface area contributed by atoms with Crippen molar-refractivity contribution in [1.29, 1.82) is 0 Å². The number of hydrogen-bond acceptors (Lipinski definition) is 8. The van der Waals surface area contributed by atoms with E-state index in [1.54, 1.807) is 13.0 Å². The van der Waals surface area contributed by atoms with Crippen LogP contribution in [0.1, 0.15) is 74.1 Å². The smallest absolute Gasteiger partial charge is 0.309 e. The average Bonchev–Trinajstić information content (AvgIpc) is 3.60. The molecule has 2 aliphatic heterocycles. The van der Waals surface area contributed by atoms with Crippen molar-refractivity contribution in [1.82, 2.24) is 0 Å². The summed E-state index contributed by atoms with van der Waals surface area (Å²) in [5.41, 5.74) is 0.836. The summed E-state index contributed by atoms with van der Waals surface area (Å²) in [5, 5.41) is 30.9. The van der Waals surface area contributed by atoms with Gasteiger partial charge in [-0.1, -0.05) is 58.9 Å². The number of aliphatic hydroxyl groups is 3. The van der Waals surface area contributed by atoms with Crippen LogP contribution in [0.3, 0.4) is 0 Å². The van der Waals surface area contributed by atoms with Gasteiger partial charge in [0.2, 0.25) is 0 Å². The Kier molecular flexibility index (Phi) is 12.7. The third-order valence-corrected chi connectivity index (χ3v) is 7.70. The summed E-state index contributed by atoms with van der Waals surface area (Å²) in [6.45, 7) is 13.0. The second-order valence-electron chi connectivity index (χ2n) is 11.2. The maximum atomic E-state index is 12.6. The number of esters is 2. The predicted octanol–water partition coefficient (Wildman–Crippen LogP) is 3.88. The van der Waals surface area contributed by atoms with Gasteiger partial charge in [-0.05, 0) is 37.3 Å². The first-order chi connectivity index (χ1) is 17.8. The first-order valence-corrected chi connectivity index (χ1v) is 13.9. The lowest BCUT2D eigenvalue weighted by Crippen LogP contribution is -2.36. The van der Waals surface area contributed by atoms with Crippen LogP contribution in [0.2, 0.25) is 0 Å². The maximum Gasteiger partial charge on any atom is 0.309 e. The maximum absolute atomic E-state index is 12.6. The number of rotatable bonds is 9. The van der Waals surface area contributed by atoms with Gasteiger partial charge in [0.05, 0.1) is 36.9 Å². The third kappa shape index (κ3) is 9.95. The zero-order valence-corrected chi connectivity index (χ0v) is 23.9. The molecule has 0 aromatic carbocycles. The first kappa shape index (κ1) is 32.2. The van der Waals surface area contributed by atoms with Gasteiger partial charge < -0.3 is 29.5 Å².